The number of aryl methyl sites for hydroxylation is 1. The van der Waals surface area contributed by atoms with E-state index in [0.29, 0.717) is 17.0 Å². The number of amides is 1. The summed E-state index contributed by atoms with van der Waals surface area (Å²) in [7, 11) is -3.46. The second-order valence-corrected chi connectivity index (χ2v) is 11.2. The van der Waals surface area contributed by atoms with Gasteiger partial charge in [0.1, 0.15) is 34.3 Å². The van der Waals surface area contributed by atoms with Crippen LogP contribution in [-0.4, -0.2) is 43.0 Å². The van der Waals surface area contributed by atoms with Crippen LogP contribution in [0.15, 0.2) is 35.5 Å². The summed E-state index contributed by atoms with van der Waals surface area (Å²) in [5.74, 6) is -2.10. The van der Waals surface area contributed by atoms with Crippen molar-refractivity contribution in [3.63, 3.8) is 0 Å². The summed E-state index contributed by atoms with van der Waals surface area (Å²) in [6.45, 7) is 3.60. The number of carbonyl (C=O) groups excluding carboxylic acids is 1. The maximum atomic E-state index is 14.8. The average Bonchev–Trinajstić information content (AvgIpc) is 2.73. The largest absolute Gasteiger partial charge is 0.386 e. The number of hydrogen-bond donors (Lipinski definition) is 4. The smallest absolute Gasteiger partial charge is 0.274 e. The first-order chi connectivity index (χ1) is 14.9. The lowest BCUT2D eigenvalue weighted by molar-refractivity contribution is 0.102. The molecule has 0 spiro atoms. The molecule has 0 unspecified atom stereocenters. The summed E-state index contributed by atoms with van der Waals surface area (Å²) >= 11 is 5.94. The van der Waals surface area contributed by atoms with Crippen molar-refractivity contribution < 1.29 is 22.7 Å². The molecule has 174 valence electrons. The number of rotatable bonds is 5. The van der Waals surface area contributed by atoms with Gasteiger partial charge in [-0.25, -0.2) is 13.8 Å². The minimum atomic E-state index is -3.46. The molecule has 1 aromatic heterocycles. The van der Waals surface area contributed by atoms with Gasteiger partial charge in [-0.1, -0.05) is 18.5 Å². The average molecular weight is 487 g/mol. The Hall–Kier alpha value is -2.27. The SMILES string of the molecule is CCc1cc(Cl)cnc1C(=O)Nc1ccc(F)c([C@]2(CF)CS(O)(O)C(C)(C)C(N)=N2)c1. The summed E-state index contributed by atoms with van der Waals surface area (Å²) < 4.78 is 49.1. The van der Waals surface area contributed by atoms with E-state index in [1.165, 1.54) is 32.2 Å². The van der Waals surface area contributed by atoms with Gasteiger partial charge in [0.15, 0.2) is 0 Å². The number of halogens is 3. The zero-order valence-electron chi connectivity index (χ0n) is 17.8. The number of nitrogens with one attached hydrogen (secondary N) is 1. The molecule has 5 N–H and O–H groups in total. The summed E-state index contributed by atoms with van der Waals surface area (Å²) in [5.41, 5.74) is 4.70. The Morgan fingerprint density at radius 3 is 2.62 bits per heavy atom. The van der Waals surface area contributed by atoms with Crippen LogP contribution in [0, 0.1) is 5.82 Å². The Kier molecular flexibility index (Phi) is 6.54. The number of aliphatic imine (C=N–C) groups is 1. The van der Waals surface area contributed by atoms with Crippen LogP contribution >= 0.6 is 22.2 Å². The fourth-order valence-electron chi connectivity index (χ4n) is 3.46. The van der Waals surface area contributed by atoms with Crippen LogP contribution in [0.25, 0.3) is 0 Å². The van der Waals surface area contributed by atoms with Crippen molar-refractivity contribution in [1.29, 1.82) is 0 Å². The van der Waals surface area contributed by atoms with Crippen LogP contribution in [0.5, 0.6) is 0 Å². The van der Waals surface area contributed by atoms with Gasteiger partial charge < -0.3 is 11.1 Å². The van der Waals surface area contributed by atoms with Crippen molar-refractivity contribution in [2.24, 2.45) is 10.7 Å². The van der Waals surface area contributed by atoms with Crippen molar-refractivity contribution in [3.05, 3.63) is 58.1 Å². The Balaban J connectivity index is 2.02. The molecule has 3 rings (SSSR count). The number of aromatic nitrogens is 1. The lowest BCUT2D eigenvalue weighted by atomic mass is 9.92. The number of alkyl halides is 1. The highest BCUT2D eigenvalue weighted by Gasteiger charge is 2.51. The van der Waals surface area contributed by atoms with Gasteiger partial charge >= 0.3 is 0 Å². The van der Waals surface area contributed by atoms with Gasteiger partial charge in [0.05, 0.1) is 10.8 Å². The molecule has 2 aromatic rings. The second-order valence-electron chi connectivity index (χ2n) is 8.15. The highest BCUT2D eigenvalue weighted by atomic mass is 35.5. The van der Waals surface area contributed by atoms with Gasteiger partial charge in [-0.2, -0.15) is 10.6 Å². The molecule has 0 aliphatic carbocycles. The summed E-state index contributed by atoms with van der Waals surface area (Å²) in [5, 5.41) is 3.01. The first-order valence-electron chi connectivity index (χ1n) is 9.80. The molecule has 1 atom stereocenters. The maximum absolute atomic E-state index is 14.8. The number of hydrogen-bond acceptors (Lipinski definition) is 6. The quantitative estimate of drug-likeness (QED) is 0.485. The van der Waals surface area contributed by atoms with E-state index in [1.807, 2.05) is 6.92 Å². The molecule has 11 heteroatoms. The van der Waals surface area contributed by atoms with Crippen molar-refractivity contribution in [1.82, 2.24) is 4.98 Å². The maximum Gasteiger partial charge on any atom is 0.274 e. The molecule has 0 fully saturated rings. The third-order valence-corrected chi connectivity index (χ3v) is 8.62. The van der Waals surface area contributed by atoms with E-state index in [1.54, 1.807) is 6.07 Å². The van der Waals surface area contributed by atoms with E-state index in [2.05, 4.69) is 15.3 Å². The van der Waals surface area contributed by atoms with Crippen molar-refractivity contribution in [2.45, 2.75) is 37.5 Å². The number of benzene rings is 1. The van der Waals surface area contributed by atoms with Crippen LogP contribution < -0.4 is 11.1 Å². The Morgan fingerprint density at radius 2 is 2.03 bits per heavy atom. The highest BCUT2D eigenvalue weighted by Crippen LogP contribution is 2.59. The van der Waals surface area contributed by atoms with Gasteiger partial charge in [-0.05, 0) is 50.1 Å². The monoisotopic (exact) mass is 486 g/mol. The molecular formula is C21H25ClF2N4O3S. The van der Waals surface area contributed by atoms with Gasteiger partial charge in [-0.3, -0.25) is 18.9 Å². The fraction of sp³-hybridized carbons (Fsp3) is 0.381. The molecule has 0 bridgehead atoms. The zero-order chi connectivity index (χ0) is 23.9. The molecule has 7 nitrogen and oxygen atoms in total. The van der Waals surface area contributed by atoms with Crippen LogP contribution in [-0.2, 0) is 12.0 Å². The van der Waals surface area contributed by atoms with Crippen molar-refractivity contribution >= 4 is 39.6 Å². The summed E-state index contributed by atoms with van der Waals surface area (Å²) in [4.78, 5) is 21.0. The topological polar surface area (TPSA) is 121 Å². The number of nitrogens with zero attached hydrogens (tertiary/aromatic N) is 2. The zero-order valence-corrected chi connectivity index (χ0v) is 19.4. The molecule has 2 heterocycles. The third-order valence-electron chi connectivity index (χ3n) is 5.68. The van der Waals surface area contributed by atoms with E-state index in [0.717, 1.165) is 6.07 Å². The predicted molar refractivity (Wildman–Crippen MR) is 124 cm³/mol. The first-order valence-corrected chi connectivity index (χ1v) is 11.9. The molecule has 1 aliphatic heterocycles. The predicted octanol–water partition coefficient (Wildman–Crippen LogP) is 4.75. The van der Waals surface area contributed by atoms with Crippen LogP contribution in [0.1, 0.15) is 42.4 Å². The van der Waals surface area contributed by atoms with Crippen LogP contribution in [0.2, 0.25) is 5.02 Å². The van der Waals surface area contributed by atoms with Crippen molar-refractivity contribution in [2.75, 3.05) is 17.7 Å². The number of pyridine rings is 1. The minimum absolute atomic E-state index is 0.152. The second kappa shape index (κ2) is 8.58. The molecule has 0 saturated carbocycles. The van der Waals surface area contributed by atoms with E-state index >= 15 is 0 Å². The summed E-state index contributed by atoms with van der Waals surface area (Å²) in [6, 6.07) is 5.21. The van der Waals surface area contributed by atoms with Crippen LogP contribution in [0.3, 0.4) is 0 Å². The standard InChI is InChI=1S/C21H25ClF2N4O3S/c1-4-12-7-13(22)9-26-17(12)18(29)27-14-5-6-16(24)15(8-14)21(10-23)11-32(30,31)20(2,3)19(25)28-21/h5-9,30-31H,4,10-11H2,1-3H3,(H2,25,28)(H,27,29)/t21-/m0/s1. The molecule has 1 aromatic carbocycles. The van der Waals surface area contributed by atoms with Gasteiger partial charge in [-0.15, -0.1) is 0 Å². The van der Waals surface area contributed by atoms with Gasteiger partial charge in [0.2, 0.25) is 0 Å². The Labute approximate surface area is 191 Å². The molecule has 1 aliphatic rings. The van der Waals surface area contributed by atoms with Crippen molar-refractivity contribution in [3.8, 4) is 0 Å². The lowest BCUT2D eigenvalue weighted by Gasteiger charge is -2.53. The normalized spacial score (nSPS) is 22.7. The Bertz CT molecular complexity index is 1100. The van der Waals surface area contributed by atoms with E-state index < -0.39 is 45.0 Å². The van der Waals surface area contributed by atoms with E-state index in [-0.39, 0.29) is 22.8 Å². The van der Waals surface area contributed by atoms with E-state index in [4.69, 9.17) is 17.3 Å². The molecular weight excluding hydrogens is 462 g/mol. The third kappa shape index (κ3) is 4.19. The lowest BCUT2D eigenvalue weighted by Crippen LogP contribution is -2.53. The molecule has 1 amide bonds. The number of carbonyl (C=O) groups is 1. The van der Waals surface area contributed by atoms with E-state index in [9.17, 15) is 22.7 Å². The van der Waals surface area contributed by atoms with Crippen LogP contribution in [0.4, 0.5) is 14.5 Å². The minimum Gasteiger partial charge on any atom is -0.386 e. The number of amidine groups is 1. The molecule has 0 saturated heterocycles. The van der Waals surface area contributed by atoms with Gasteiger partial charge in [0, 0.05) is 17.4 Å². The highest BCUT2D eigenvalue weighted by molar-refractivity contribution is 8.26. The Morgan fingerprint density at radius 1 is 1.34 bits per heavy atom. The number of nitrogens with two attached hydrogens (primary N) is 1. The first kappa shape index (κ1) is 24.4. The fourth-order valence-corrected chi connectivity index (χ4v) is 5.35. The summed E-state index contributed by atoms with van der Waals surface area (Å²) in [6.07, 6.45) is 1.85. The van der Waals surface area contributed by atoms with Gasteiger partial charge in [0.25, 0.3) is 5.91 Å². The molecule has 32 heavy (non-hydrogen) atoms. The molecule has 0 radical (unpaired) electrons. The number of anilines is 1.